The molecule has 0 aliphatic carbocycles. The fourth-order valence-corrected chi connectivity index (χ4v) is 4.25. The number of hydrogen-bond donors (Lipinski definition) is 4. The molecule has 0 saturated carbocycles. The van der Waals surface area contributed by atoms with E-state index in [1.165, 1.54) is 5.01 Å². The van der Waals surface area contributed by atoms with E-state index in [-0.39, 0.29) is 37.5 Å². The highest BCUT2D eigenvalue weighted by Crippen LogP contribution is 2.12. The maximum Gasteiger partial charge on any atom is 0.237 e. The predicted octanol–water partition coefficient (Wildman–Crippen LogP) is 2.63. The van der Waals surface area contributed by atoms with Crippen molar-refractivity contribution < 1.29 is 19.2 Å². The van der Waals surface area contributed by atoms with Crippen LogP contribution in [0.25, 0.3) is 0 Å². The van der Waals surface area contributed by atoms with Gasteiger partial charge in [-0.2, -0.15) is 0 Å². The van der Waals surface area contributed by atoms with Gasteiger partial charge in [-0.1, -0.05) is 72.8 Å². The fourth-order valence-electron chi connectivity index (χ4n) is 4.25. The molecule has 10 nitrogen and oxygen atoms in total. The number of nitrogens with two attached hydrogens (primary N) is 2. The molecule has 6 N–H and O–H groups in total. The Kier molecular flexibility index (Phi) is 13.5. The molecule has 0 aliphatic heterocycles. The first-order valence-corrected chi connectivity index (χ1v) is 14.0. The van der Waals surface area contributed by atoms with Gasteiger partial charge in [-0.15, -0.1) is 0 Å². The third-order valence-corrected chi connectivity index (χ3v) is 6.69. The van der Waals surface area contributed by atoms with Gasteiger partial charge in [0, 0.05) is 51.9 Å². The van der Waals surface area contributed by atoms with Crippen LogP contribution in [0.4, 0.5) is 0 Å². The Morgan fingerprint density at radius 1 is 0.595 bits per heavy atom. The second-order valence-corrected chi connectivity index (χ2v) is 9.90. The number of nitrogens with one attached hydrogen (secondary N) is 2. The number of carbonyl (C=O) groups excluding carboxylic acids is 4. The van der Waals surface area contributed by atoms with Crippen LogP contribution >= 0.6 is 0 Å². The molecule has 0 bridgehead atoms. The van der Waals surface area contributed by atoms with Crippen LogP contribution in [0.2, 0.25) is 0 Å². The molecule has 3 rings (SSSR count). The summed E-state index contributed by atoms with van der Waals surface area (Å²) in [6.07, 6.45) is 2.06. The second-order valence-electron chi connectivity index (χ2n) is 9.90. The predicted molar refractivity (Wildman–Crippen MR) is 160 cm³/mol. The zero-order valence-corrected chi connectivity index (χ0v) is 23.8. The first-order valence-electron chi connectivity index (χ1n) is 14.0. The van der Waals surface area contributed by atoms with Gasteiger partial charge in [0.1, 0.15) is 12.6 Å². The molecule has 0 heterocycles. The SMILES string of the molecule is NCc1ccc(CN(NCc2ccc(CNN(Cc3cccc(CN)c3)C(=O)CCC=O)cc2)C(=O)CCC=O)cc1. The highest BCUT2D eigenvalue weighted by Gasteiger charge is 2.15. The van der Waals surface area contributed by atoms with E-state index >= 15 is 0 Å². The maximum absolute atomic E-state index is 12.8. The lowest BCUT2D eigenvalue weighted by Gasteiger charge is -2.24. The molecule has 2 amide bonds. The molecule has 3 aromatic rings. The topological polar surface area (TPSA) is 151 Å². The quantitative estimate of drug-likeness (QED) is 0.134. The number of hydrogen-bond acceptors (Lipinski definition) is 8. The lowest BCUT2D eigenvalue weighted by molar-refractivity contribution is -0.136. The van der Waals surface area contributed by atoms with Gasteiger partial charge in [0.25, 0.3) is 0 Å². The van der Waals surface area contributed by atoms with E-state index in [9.17, 15) is 19.2 Å². The first-order chi connectivity index (χ1) is 20.4. The van der Waals surface area contributed by atoms with E-state index < -0.39 is 0 Å². The molecule has 0 unspecified atom stereocenters. The van der Waals surface area contributed by atoms with Crippen molar-refractivity contribution >= 4 is 24.4 Å². The van der Waals surface area contributed by atoms with Crippen LogP contribution in [0.3, 0.4) is 0 Å². The van der Waals surface area contributed by atoms with Crippen molar-refractivity contribution in [2.75, 3.05) is 0 Å². The highest BCUT2D eigenvalue weighted by molar-refractivity contribution is 5.78. The minimum Gasteiger partial charge on any atom is -0.326 e. The summed E-state index contributed by atoms with van der Waals surface area (Å²) in [5, 5.41) is 3.08. The Labute approximate surface area is 247 Å². The van der Waals surface area contributed by atoms with Crippen molar-refractivity contribution in [3.63, 3.8) is 0 Å². The summed E-state index contributed by atoms with van der Waals surface area (Å²) < 4.78 is 0. The summed E-state index contributed by atoms with van der Waals surface area (Å²) in [7, 11) is 0. The van der Waals surface area contributed by atoms with Crippen LogP contribution in [0.15, 0.2) is 72.8 Å². The largest absolute Gasteiger partial charge is 0.326 e. The molecule has 0 radical (unpaired) electrons. The Morgan fingerprint density at radius 2 is 1.02 bits per heavy atom. The number of amides is 2. The third kappa shape index (κ3) is 10.6. The molecule has 0 spiro atoms. The number of rotatable bonds is 18. The van der Waals surface area contributed by atoms with Crippen LogP contribution in [-0.4, -0.2) is 34.4 Å². The van der Waals surface area contributed by atoms with Crippen molar-refractivity contribution in [3.05, 3.63) is 106 Å². The number of hydrazine groups is 2. The van der Waals surface area contributed by atoms with Crippen LogP contribution in [0, 0.1) is 0 Å². The first kappa shape index (κ1) is 32.3. The van der Waals surface area contributed by atoms with Crippen molar-refractivity contribution in [3.8, 4) is 0 Å². The third-order valence-electron chi connectivity index (χ3n) is 6.69. The summed E-state index contributed by atoms with van der Waals surface area (Å²) in [6.45, 7) is 2.38. The molecule has 0 saturated heterocycles. The average molecular weight is 573 g/mol. The molecule has 222 valence electrons. The number of carbonyl (C=O) groups is 4. The fraction of sp³-hybridized carbons (Fsp3) is 0.312. The summed E-state index contributed by atoms with van der Waals surface area (Å²) in [5.41, 5.74) is 23.6. The van der Waals surface area contributed by atoms with Crippen molar-refractivity contribution in [2.45, 2.75) is 65.0 Å². The van der Waals surface area contributed by atoms with Gasteiger partial charge >= 0.3 is 0 Å². The average Bonchev–Trinajstić information content (AvgIpc) is 3.03. The Balaban J connectivity index is 1.61. The van der Waals surface area contributed by atoms with E-state index in [1.807, 2.05) is 72.8 Å². The van der Waals surface area contributed by atoms with Gasteiger partial charge in [0.15, 0.2) is 0 Å². The lowest BCUT2D eigenvalue weighted by atomic mass is 10.1. The van der Waals surface area contributed by atoms with Crippen molar-refractivity contribution in [1.82, 2.24) is 20.9 Å². The summed E-state index contributed by atoms with van der Waals surface area (Å²) >= 11 is 0. The van der Waals surface area contributed by atoms with Gasteiger partial charge in [0.2, 0.25) is 11.8 Å². The smallest absolute Gasteiger partial charge is 0.237 e. The molecule has 42 heavy (non-hydrogen) atoms. The van der Waals surface area contributed by atoms with Crippen LogP contribution in [0.1, 0.15) is 59.1 Å². The molecule has 0 fully saturated rings. The molecular weight excluding hydrogens is 532 g/mol. The summed E-state index contributed by atoms with van der Waals surface area (Å²) in [6, 6.07) is 23.3. The van der Waals surface area contributed by atoms with Gasteiger partial charge in [-0.25, -0.2) is 10.9 Å². The zero-order chi connectivity index (χ0) is 30.2. The standard InChI is InChI=1S/C32H40N6O4/c33-19-25-8-14-28(15-9-25)23-37(31(41)6-2-16-39)35-21-26-10-12-27(13-11-26)22-36-38(32(42)7-3-17-40)24-30-5-1-4-29(18-30)20-34/h1,4-5,8-18,35-36H,2-3,6-7,19-24,33-34H2. The number of nitrogens with zero attached hydrogens (tertiary/aromatic N) is 2. The van der Waals surface area contributed by atoms with Gasteiger partial charge in [-0.3, -0.25) is 19.6 Å². The van der Waals surface area contributed by atoms with Crippen LogP contribution in [-0.2, 0) is 58.4 Å². The minimum atomic E-state index is -0.168. The molecule has 3 aromatic carbocycles. The summed E-state index contributed by atoms with van der Waals surface area (Å²) in [5.74, 6) is -0.333. The summed E-state index contributed by atoms with van der Waals surface area (Å²) in [4.78, 5) is 47.2. The van der Waals surface area contributed by atoms with Crippen LogP contribution < -0.4 is 22.3 Å². The van der Waals surface area contributed by atoms with E-state index in [0.717, 1.165) is 46.0 Å². The van der Waals surface area contributed by atoms with E-state index in [4.69, 9.17) is 11.5 Å². The van der Waals surface area contributed by atoms with Crippen molar-refractivity contribution in [1.29, 1.82) is 0 Å². The Bertz CT molecular complexity index is 1300. The second kappa shape index (κ2) is 17.6. The number of benzene rings is 3. The monoisotopic (exact) mass is 572 g/mol. The molecular formula is C32H40N6O4. The molecule has 0 atom stereocenters. The Hall–Kier alpha value is -4.22. The maximum atomic E-state index is 12.8. The molecule has 10 heteroatoms. The lowest BCUT2D eigenvalue weighted by Crippen LogP contribution is -2.42. The highest BCUT2D eigenvalue weighted by atomic mass is 16.2. The van der Waals surface area contributed by atoms with Gasteiger partial charge in [-0.05, 0) is 33.4 Å². The normalized spacial score (nSPS) is 10.7. The Morgan fingerprint density at radius 3 is 1.50 bits per heavy atom. The van der Waals surface area contributed by atoms with E-state index in [1.54, 1.807) is 5.01 Å². The van der Waals surface area contributed by atoms with Crippen LogP contribution in [0.5, 0.6) is 0 Å². The van der Waals surface area contributed by atoms with Gasteiger partial charge < -0.3 is 21.1 Å². The van der Waals surface area contributed by atoms with Gasteiger partial charge in [0.05, 0.1) is 13.1 Å². The van der Waals surface area contributed by atoms with E-state index in [0.29, 0.717) is 39.3 Å². The minimum absolute atomic E-state index is 0.122. The number of aldehydes is 2. The zero-order valence-electron chi connectivity index (χ0n) is 23.8. The molecule has 0 aromatic heterocycles. The van der Waals surface area contributed by atoms with E-state index in [2.05, 4.69) is 10.9 Å². The van der Waals surface area contributed by atoms with Crippen molar-refractivity contribution in [2.24, 2.45) is 11.5 Å². The molecule has 0 aliphatic rings.